The molecule has 1 unspecified atom stereocenters. The number of esters is 1. The molecule has 0 spiro atoms. The van der Waals surface area contributed by atoms with E-state index in [2.05, 4.69) is 6.92 Å². The van der Waals surface area contributed by atoms with Crippen molar-refractivity contribution in [1.82, 2.24) is 0 Å². The molecule has 1 N–H and O–H groups in total. The maximum absolute atomic E-state index is 11.4. The van der Waals surface area contributed by atoms with Crippen LogP contribution in [0, 0.1) is 0 Å². The molecule has 0 aromatic carbocycles. The predicted octanol–water partition coefficient (Wildman–Crippen LogP) is 4.78. The highest BCUT2D eigenvalue weighted by atomic mass is 16.5. The maximum Gasteiger partial charge on any atom is 0.333 e. The van der Waals surface area contributed by atoms with Crippen LogP contribution in [0.3, 0.4) is 0 Å². The molecule has 0 fully saturated rings. The molecule has 21 heavy (non-hydrogen) atoms. The second-order valence-electron chi connectivity index (χ2n) is 5.84. The number of hydrogen-bond donors (Lipinski definition) is 1. The summed E-state index contributed by atoms with van der Waals surface area (Å²) < 4.78 is 5.03. The van der Waals surface area contributed by atoms with E-state index in [0.29, 0.717) is 5.57 Å². The van der Waals surface area contributed by atoms with Crippen LogP contribution in [-0.2, 0) is 9.53 Å². The van der Waals surface area contributed by atoms with Crippen LogP contribution in [0.25, 0.3) is 0 Å². The molecular weight excluding hydrogens is 264 g/mol. The van der Waals surface area contributed by atoms with E-state index in [4.69, 9.17) is 4.74 Å². The van der Waals surface area contributed by atoms with Crippen molar-refractivity contribution in [2.24, 2.45) is 0 Å². The van der Waals surface area contributed by atoms with E-state index in [1.165, 1.54) is 44.9 Å². The van der Waals surface area contributed by atoms with Gasteiger partial charge in [-0.1, -0.05) is 70.8 Å². The van der Waals surface area contributed by atoms with Crippen molar-refractivity contribution < 1.29 is 14.6 Å². The highest BCUT2D eigenvalue weighted by Crippen LogP contribution is 2.11. The zero-order valence-electron chi connectivity index (χ0n) is 14.2. The molecule has 0 aliphatic rings. The molecule has 0 bridgehead atoms. The summed E-state index contributed by atoms with van der Waals surface area (Å²) >= 11 is 0. The van der Waals surface area contributed by atoms with Crippen LogP contribution >= 0.6 is 0 Å². The lowest BCUT2D eigenvalue weighted by molar-refractivity contribution is -0.142. The van der Waals surface area contributed by atoms with E-state index in [1.54, 1.807) is 19.9 Å². The first kappa shape index (κ1) is 20.2. The number of aliphatic hydroxyl groups excluding tert-OH is 1. The van der Waals surface area contributed by atoms with Crippen LogP contribution in [0.1, 0.15) is 85.0 Å². The fraction of sp³-hybridized carbons (Fsp3) is 0.833. The van der Waals surface area contributed by atoms with Gasteiger partial charge in [0.2, 0.25) is 0 Å². The number of ether oxygens (including phenoxy) is 1. The number of carbonyl (C=O) groups is 1. The summed E-state index contributed by atoms with van der Waals surface area (Å²) in [5.74, 6) is -0.330. The minimum atomic E-state index is -0.525. The summed E-state index contributed by atoms with van der Waals surface area (Å²) in [5, 5.41) is 9.76. The molecule has 0 amide bonds. The summed E-state index contributed by atoms with van der Waals surface area (Å²) in [7, 11) is 0. The highest BCUT2D eigenvalue weighted by Gasteiger charge is 2.09. The Hall–Kier alpha value is -0.830. The second-order valence-corrected chi connectivity index (χ2v) is 5.84. The van der Waals surface area contributed by atoms with Crippen LogP contribution in [0.5, 0.6) is 0 Å². The molecule has 0 rings (SSSR count). The van der Waals surface area contributed by atoms with Crippen molar-refractivity contribution in [3.05, 3.63) is 11.6 Å². The van der Waals surface area contributed by atoms with Gasteiger partial charge in [0.1, 0.15) is 6.61 Å². The number of hydrogen-bond acceptors (Lipinski definition) is 3. The van der Waals surface area contributed by atoms with Crippen LogP contribution in [0.15, 0.2) is 11.6 Å². The molecule has 0 aromatic rings. The number of aliphatic hydroxyl groups is 1. The van der Waals surface area contributed by atoms with Gasteiger partial charge in [0.05, 0.1) is 6.10 Å². The Bertz CT molecular complexity index is 284. The largest absolute Gasteiger partial charge is 0.460 e. The SMILES string of the molecule is CC=C(C)C(=O)OCC(O)CCCCCCCCCCC. The van der Waals surface area contributed by atoms with E-state index in [9.17, 15) is 9.90 Å². The van der Waals surface area contributed by atoms with Gasteiger partial charge in [0.25, 0.3) is 0 Å². The van der Waals surface area contributed by atoms with E-state index in [0.717, 1.165) is 19.3 Å². The Balaban J connectivity index is 3.38. The fourth-order valence-electron chi connectivity index (χ4n) is 2.18. The van der Waals surface area contributed by atoms with E-state index in [-0.39, 0.29) is 12.6 Å². The molecule has 0 aliphatic heterocycles. The monoisotopic (exact) mass is 298 g/mol. The third kappa shape index (κ3) is 12.6. The Morgan fingerprint density at radius 3 is 2.10 bits per heavy atom. The molecule has 124 valence electrons. The van der Waals surface area contributed by atoms with Gasteiger partial charge in [-0.25, -0.2) is 4.79 Å². The van der Waals surface area contributed by atoms with Crippen molar-refractivity contribution in [2.45, 2.75) is 91.1 Å². The maximum atomic E-state index is 11.4. The predicted molar refractivity (Wildman–Crippen MR) is 88.2 cm³/mol. The standard InChI is InChI=1S/C18H34O3/c1-4-6-7-8-9-10-11-12-13-14-17(19)15-21-18(20)16(3)5-2/h5,17,19H,4,6-15H2,1-3H3. The summed E-state index contributed by atoms with van der Waals surface area (Å²) in [6.07, 6.45) is 13.4. The number of carbonyl (C=O) groups excluding carboxylic acids is 1. The average molecular weight is 298 g/mol. The summed E-state index contributed by atoms with van der Waals surface area (Å²) in [5.41, 5.74) is 0.588. The van der Waals surface area contributed by atoms with Crippen LogP contribution < -0.4 is 0 Å². The lowest BCUT2D eigenvalue weighted by Crippen LogP contribution is -2.18. The summed E-state index contributed by atoms with van der Waals surface area (Å²) in [4.78, 5) is 11.4. The number of rotatable bonds is 13. The van der Waals surface area contributed by atoms with Crippen molar-refractivity contribution >= 4 is 5.97 Å². The zero-order valence-corrected chi connectivity index (χ0v) is 14.2. The first-order valence-electron chi connectivity index (χ1n) is 8.59. The van der Waals surface area contributed by atoms with Gasteiger partial charge in [-0.05, 0) is 20.3 Å². The molecule has 0 saturated carbocycles. The molecule has 1 atom stereocenters. The Morgan fingerprint density at radius 2 is 1.57 bits per heavy atom. The van der Waals surface area contributed by atoms with Crippen molar-refractivity contribution in [2.75, 3.05) is 6.61 Å². The summed E-state index contributed by atoms with van der Waals surface area (Å²) in [6.45, 7) is 5.87. The minimum Gasteiger partial charge on any atom is -0.460 e. The Labute approximate surface area is 130 Å². The molecule has 3 heteroatoms. The molecular formula is C18H34O3. The van der Waals surface area contributed by atoms with Crippen LogP contribution in [-0.4, -0.2) is 23.8 Å². The molecule has 0 saturated heterocycles. The molecule has 0 radical (unpaired) electrons. The van der Waals surface area contributed by atoms with Gasteiger partial charge < -0.3 is 9.84 Å². The van der Waals surface area contributed by atoms with E-state index < -0.39 is 6.10 Å². The molecule has 0 aliphatic carbocycles. The first-order chi connectivity index (χ1) is 10.1. The number of unbranched alkanes of at least 4 members (excludes halogenated alkanes) is 8. The van der Waals surface area contributed by atoms with Gasteiger partial charge in [0.15, 0.2) is 0 Å². The Kier molecular flexibility index (Phi) is 13.6. The van der Waals surface area contributed by atoms with Gasteiger partial charge in [0, 0.05) is 5.57 Å². The van der Waals surface area contributed by atoms with Gasteiger partial charge in [-0.15, -0.1) is 0 Å². The van der Waals surface area contributed by atoms with E-state index in [1.807, 2.05) is 0 Å². The number of allylic oxidation sites excluding steroid dienone is 1. The van der Waals surface area contributed by atoms with Crippen molar-refractivity contribution in [3.8, 4) is 0 Å². The smallest absolute Gasteiger partial charge is 0.333 e. The van der Waals surface area contributed by atoms with Crippen LogP contribution in [0.4, 0.5) is 0 Å². The lowest BCUT2D eigenvalue weighted by atomic mass is 10.1. The average Bonchev–Trinajstić information content (AvgIpc) is 2.50. The highest BCUT2D eigenvalue weighted by molar-refractivity contribution is 5.87. The molecule has 3 nitrogen and oxygen atoms in total. The van der Waals surface area contributed by atoms with Gasteiger partial charge in [-0.3, -0.25) is 0 Å². The molecule has 0 heterocycles. The first-order valence-corrected chi connectivity index (χ1v) is 8.59. The lowest BCUT2D eigenvalue weighted by Gasteiger charge is -2.11. The third-order valence-corrected chi connectivity index (χ3v) is 3.80. The Morgan fingerprint density at radius 1 is 1.05 bits per heavy atom. The minimum absolute atomic E-state index is 0.112. The van der Waals surface area contributed by atoms with Gasteiger partial charge >= 0.3 is 5.97 Å². The molecule has 0 aromatic heterocycles. The van der Waals surface area contributed by atoms with Crippen molar-refractivity contribution in [3.63, 3.8) is 0 Å². The van der Waals surface area contributed by atoms with Gasteiger partial charge in [-0.2, -0.15) is 0 Å². The quantitative estimate of drug-likeness (QED) is 0.302. The topological polar surface area (TPSA) is 46.5 Å². The third-order valence-electron chi connectivity index (χ3n) is 3.80. The zero-order chi connectivity index (χ0) is 15.9. The van der Waals surface area contributed by atoms with E-state index >= 15 is 0 Å². The van der Waals surface area contributed by atoms with Crippen molar-refractivity contribution in [1.29, 1.82) is 0 Å². The normalized spacial score (nSPS) is 13.2. The van der Waals surface area contributed by atoms with Crippen LogP contribution in [0.2, 0.25) is 0 Å². The fourth-order valence-corrected chi connectivity index (χ4v) is 2.18. The summed E-state index contributed by atoms with van der Waals surface area (Å²) in [6, 6.07) is 0. The second kappa shape index (κ2) is 14.1.